The largest absolute Gasteiger partial charge is 0.506 e. The lowest BCUT2D eigenvalue weighted by atomic mass is 9.94. The molecule has 1 aromatic carbocycles. The van der Waals surface area contributed by atoms with Crippen LogP contribution in [0.2, 0.25) is 0 Å². The lowest BCUT2D eigenvalue weighted by molar-refractivity contribution is -0.122. The van der Waals surface area contributed by atoms with Crippen LogP contribution in [-0.2, 0) is 9.59 Å². The number of aromatic hydroxyl groups is 1. The summed E-state index contributed by atoms with van der Waals surface area (Å²) >= 11 is 0. The molecule has 150 valence electrons. The number of phenolic OH excluding ortho intramolecular Hbond substituents is 1. The van der Waals surface area contributed by atoms with Crippen molar-refractivity contribution < 1.29 is 24.2 Å². The molecule has 10 nitrogen and oxygen atoms in total. The van der Waals surface area contributed by atoms with Gasteiger partial charge < -0.3 is 15.2 Å². The van der Waals surface area contributed by atoms with Gasteiger partial charge >= 0.3 is 6.09 Å². The molecular formula is C19H19N5O5. The SMILES string of the molecule is CC(=O)Nc1ccc(OC(=O)Nc2cc(C3=NNC(=O)CC3C)ccc2O)cn1. The summed E-state index contributed by atoms with van der Waals surface area (Å²) in [5.74, 6) is -0.222. The number of nitrogens with zero attached hydrogens (tertiary/aromatic N) is 2. The standard InChI is InChI=1S/C19H19N5O5/c1-10-7-17(27)23-24-18(10)12-3-5-15(26)14(8-12)22-19(28)29-13-4-6-16(20-9-13)21-11(2)25/h3-6,8-10,26H,7H2,1-2H3,(H,22,28)(H,23,27)(H,20,21,25). The van der Waals surface area contributed by atoms with Gasteiger partial charge in [-0.1, -0.05) is 6.92 Å². The molecule has 1 unspecified atom stereocenters. The van der Waals surface area contributed by atoms with Crippen LogP contribution in [0, 0.1) is 5.92 Å². The van der Waals surface area contributed by atoms with Gasteiger partial charge in [-0.25, -0.2) is 15.2 Å². The summed E-state index contributed by atoms with van der Waals surface area (Å²) in [7, 11) is 0. The minimum Gasteiger partial charge on any atom is -0.506 e. The molecule has 0 radical (unpaired) electrons. The minimum atomic E-state index is -0.835. The van der Waals surface area contributed by atoms with Crippen molar-refractivity contribution in [1.82, 2.24) is 10.4 Å². The summed E-state index contributed by atoms with van der Waals surface area (Å²) in [6, 6.07) is 7.56. The third-order valence-corrected chi connectivity index (χ3v) is 4.04. The molecule has 4 N–H and O–H groups in total. The van der Waals surface area contributed by atoms with Gasteiger partial charge in [0.1, 0.15) is 11.6 Å². The average molecular weight is 397 g/mol. The molecule has 2 heterocycles. The number of carbonyl (C=O) groups excluding carboxylic acids is 3. The highest BCUT2D eigenvalue weighted by molar-refractivity contribution is 6.06. The second kappa shape index (κ2) is 8.38. The maximum atomic E-state index is 12.2. The Morgan fingerprint density at radius 2 is 2.03 bits per heavy atom. The van der Waals surface area contributed by atoms with E-state index in [1.165, 1.54) is 31.3 Å². The summed E-state index contributed by atoms with van der Waals surface area (Å²) in [4.78, 5) is 38.5. The van der Waals surface area contributed by atoms with Crippen LogP contribution in [-0.4, -0.2) is 33.7 Å². The number of aromatic nitrogens is 1. The van der Waals surface area contributed by atoms with E-state index in [1.54, 1.807) is 12.1 Å². The molecular weight excluding hydrogens is 378 g/mol. The number of hydrazone groups is 1. The first-order chi connectivity index (χ1) is 13.8. The number of rotatable bonds is 4. The predicted octanol–water partition coefficient (Wildman–Crippen LogP) is 2.22. The average Bonchev–Trinajstić information content (AvgIpc) is 2.65. The summed E-state index contributed by atoms with van der Waals surface area (Å²) < 4.78 is 5.13. The van der Waals surface area contributed by atoms with Gasteiger partial charge in [0, 0.05) is 24.8 Å². The Morgan fingerprint density at radius 1 is 1.24 bits per heavy atom. The zero-order valence-electron chi connectivity index (χ0n) is 15.7. The molecule has 1 aliphatic heterocycles. The Kier molecular flexibility index (Phi) is 5.72. The number of anilines is 2. The van der Waals surface area contributed by atoms with E-state index in [2.05, 4.69) is 26.1 Å². The van der Waals surface area contributed by atoms with Crippen molar-refractivity contribution >= 4 is 35.1 Å². The monoisotopic (exact) mass is 397 g/mol. The highest BCUT2D eigenvalue weighted by Crippen LogP contribution is 2.27. The number of carbonyl (C=O) groups is 3. The lowest BCUT2D eigenvalue weighted by Gasteiger charge is -2.20. The van der Waals surface area contributed by atoms with Gasteiger partial charge in [0.15, 0.2) is 5.75 Å². The van der Waals surface area contributed by atoms with Gasteiger partial charge in [-0.05, 0) is 30.3 Å². The van der Waals surface area contributed by atoms with E-state index < -0.39 is 6.09 Å². The number of hydrogen-bond acceptors (Lipinski definition) is 7. The molecule has 0 saturated heterocycles. The van der Waals surface area contributed by atoms with Crippen molar-refractivity contribution in [2.75, 3.05) is 10.6 Å². The minimum absolute atomic E-state index is 0.110. The van der Waals surface area contributed by atoms with Gasteiger partial charge in [-0.15, -0.1) is 0 Å². The van der Waals surface area contributed by atoms with Gasteiger partial charge in [0.2, 0.25) is 11.8 Å². The van der Waals surface area contributed by atoms with Crippen LogP contribution in [0.1, 0.15) is 25.8 Å². The van der Waals surface area contributed by atoms with Crippen LogP contribution in [0.5, 0.6) is 11.5 Å². The van der Waals surface area contributed by atoms with Gasteiger partial charge in [0.25, 0.3) is 0 Å². The van der Waals surface area contributed by atoms with Crippen molar-refractivity contribution in [3.63, 3.8) is 0 Å². The lowest BCUT2D eigenvalue weighted by Crippen LogP contribution is -2.32. The normalized spacial score (nSPS) is 15.7. The van der Waals surface area contributed by atoms with Crippen molar-refractivity contribution in [1.29, 1.82) is 0 Å². The fraction of sp³-hybridized carbons (Fsp3) is 0.211. The van der Waals surface area contributed by atoms with E-state index in [0.717, 1.165) is 0 Å². The maximum absolute atomic E-state index is 12.2. The van der Waals surface area contributed by atoms with Crippen LogP contribution in [0.25, 0.3) is 0 Å². The molecule has 1 aliphatic rings. The summed E-state index contributed by atoms with van der Waals surface area (Å²) in [6.45, 7) is 3.22. The van der Waals surface area contributed by atoms with E-state index in [-0.39, 0.29) is 34.9 Å². The van der Waals surface area contributed by atoms with E-state index in [0.29, 0.717) is 23.5 Å². The van der Waals surface area contributed by atoms with Crippen LogP contribution < -0.4 is 20.8 Å². The second-order valence-corrected chi connectivity index (χ2v) is 6.44. The molecule has 0 bridgehead atoms. The quantitative estimate of drug-likeness (QED) is 0.583. The Morgan fingerprint density at radius 3 is 2.69 bits per heavy atom. The highest BCUT2D eigenvalue weighted by atomic mass is 16.6. The van der Waals surface area contributed by atoms with E-state index in [1.807, 2.05) is 6.92 Å². The van der Waals surface area contributed by atoms with Crippen molar-refractivity contribution in [3.05, 3.63) is 42.1 Å². The number of hydrogen-bond donors (Lipinski definition) is 4. The summed E-state index contributed by atoms with van der Waals surface area (Å²) in [6.07, 6.45) is 0.743. The Bertz CT molecular complexity index is 987. The summed E-state index contributed by atoms with van der Waals surface area (Å²) in [5.41, 5.74) is 3.84. The fourth-order valence-corrected chi connectivity index (χ4v) is 2.74. The van der Waals surface area contributed by atoms with Gasteiger partial charge in [0.05, 0.1) is 17.6 Å². The fourth-order valence-electron chi connectivity index (χ4n) is 2.74. The predicted molar refractivity (Wildman–Crippen MR) is 105 cm³/mol. The Hall–Kier alpha value is -3.95. The van der Waals surface area contributed by atoms with Crippen molar-refractivity contribution in [2.24, 2.45) is 11.0 Å². The molecule has 2 aromatic rings. The molecule has 3 rings (SSSR count). The first-order valence-electron chi connectivity index (χ1n) is 8.74. The van der Waals surface area contributed by atoms with Crippen LogP contribution in [0.4, 0.5) is 16.3 Å². The molecule has 1 atom stereocenters. The summed E-state index contributed by atoms with van der Waals surface area (Å²) in [5, 5.41) is 19.1. The molecule has 10 heteroatoms. The maximum Gasteiger partial charge on any atom is 0.417 e. The molecule has 0 saturated carbocycles. The topological polar surface area (TPSA) is 142 Å². The number of benzene rings is 1. The number of ether oxygens (including phenoxy) is 1. The Balaban J connectivity index is 1.70. The molecule has 3 amide bonds. The third-order valence-electron chi connectivity index (χ3n) is 4.04. The number of nitrogens with one attached hydrogen (secondary N) is 3. The second-order valence-electron chi connectivity index (χ2n) is 6.44. The number of pyridine rings is 1. The van der Waals surface area contributed by atoms with Crippen LogP contribution in [0.15, 0.2) is 41.6 Å². The first kappa shape index (κ1) is 19.8. The first-order valence-corrected chi connectivity index (χ1v) is 8.74. The number of phenols is 1. The van der Waals surface area contributed by atoms with Gasteiger partial charge in [-0.2, -0.15) is 5.10 Å². The smallest absolute Gasteiger partial charge is 0.417 e. The van der Waals surface area contributed by atoms with Gasteiger partial charge in [-0.3, -0.25) is 14.9 Å². The number of amides is 3. The highest BCUT2D eigenvalue weighted by Gasteiger charge is 2.22. The van der Waals surface area contributed by atoms with E-state index in [9.17, 15) is 19.5 Å². The molecule has 0 aliphatic carbocycles. The van der Waals surface area contributed by atoms with Crippen LogP contribution >= 0.6 is 0 Å². The van der Waals surface area contributed by atoms with Crippen molar-refractivity contribution in [2.45, 2.75) is 20.3 Å². The zero-order valence-corrected chi connectivity index (χ0v) is 15.7. The van der Waals surface area contributed by atoms with E-state index >= 15 is 0 Å². The third kappa shape index (κ3) is 5.06. The molecule has 0 fully saturated rings. The zero-order chi connectivity index (χ0) is 21.0. The molecule has 1 aromatic heterocycles. The van der Waals surface area contributed by atoms with E-state index in [4.69, 9.17) is 4.74 Å². The molecule has 0 spiro atoms. The van der Waals surface area contributed by atoms with Crippen molar-refractivity contribution in [3.8, 4) is 11.5 Å². The molecule has 29 heavy (non-hydrogen) atoms. The van der Waals surface area contributed by atoms with Crippen LogP contribution in [0.3, 0.4) is 0 Å². The Labute approximate surface area is 166 Å².